The Morgan fingerprint density at radius 3 is 2.63 bits per heavy atom. The summed E-state index contributed by atoms with van der Waals surface area (Å²) in [5.41, 5.74) is 3.91. The lowest BCUT2D eigenvalue weighted by atomic mass is 10.1. The van der Waals surface area contributed by atoms with Crippen LogP contribution in [0.2, 0.25) is 0 Å². The Balaban J connectivity index is 1.91. The van der Waals surface area contributed by atoms with Crippen LogP contribution in [0.25, 0.3) is 11.8 Å². The summed E-state index contributed by atoms with van der Waals surface area (Å²) in [5.74, 6) is -0.942. The van der Waals surface area contributed by atoms with Crippen molar-refractivity contribution < 1.29 is 9.18 Å². The van der Waals surface area contributed by atoms with Crippen LogP contribution in [0.1, 0.15) is 17.0 Å². The molecule has 1 amide bonds. The van der Waals surface area contributed by atoms with Crippen LogP contribution in [0, 0.1) is 31.0 Å². The number of hydrogen-bond donors (Lipinski definition) is 1. The molecular weight excluding hydrogens is 343 g/mol. The third-order valence-corrected chi connectivity index (χ3v) is 4.14. The standard InChI is InChI=1S/C21H17FN4O/c1-14-10-16(15(2)26(14)20-4-3-9-24-13-20)11-17(12-23)21(27)25-19-7-5-18(22)6-8-19/h3-11,13H,1-2H3,(H,25,27)/b17-11-. The molecule has 2 aromatic heterocycles. The van der Waals surface area contributed by atoms with Gasteiger partial charge in [-0.2, -0.15) is 5.26 Å². The quantitative estimate of drug-likeness (QED) is 0.561. The highest BCUT2D eigenvalue weighted by molar-refractivity contribution is 6.09. The van der Waals surface area contributed by atoms with Crippen molar-refractivity contribution >= 4 is 17.7 Å². The summed E-state index contributed by atoms with van der Waals surface area (Å²) in [6.07, 6.45) is 5.00. The van der Waals surface area contributed by atoms with Crippen LogP contribution in [0.15, 0.2) is 60.4 Å². The lowest BCUT2D eigenvalue weighted by Gasteiger charge is -2.08. The van der Waals surface area contributed by atoms with Crippen LogP contribution in [-0.4, -0.2) is 15.5 Å². The highest BCUT2D eigenvalue weighted by Crippen LogP contribution is 2.22. The van der Waals surface area contributed by atoms with E-state index in [0.29, 0.717) is 5.69 Å². The summed E-state index contributed by atoms with van der Waals surface area (Å²) in [4.78, 5) is 16.5. The number of aromatic nitrogens is 2. The Morgan fingerprint density at radius 1 is 1.26 bits per heavy atom. The number of rotatable bonds is 4. The van der Waals surface area contributed by atoms with Crippen LogP contribution < -0.4 is 5.32 Å². The average Bonchev–Trinajstić information content (AvgIpc) is 2.95. The van der Waals surface area contributed by atoms with Gasteiger partial charge in [0.15, 0.2) is 0 Å². The molecule has 2 heterocycles. The second kappa shape index (κ2) is 7.67. The van der Waals surface area contributed by atoms with E-state index in [-0.39, 0.29) is 5.57 Å². The van der Waals surface area contributed by atoms with Gasteiger partial charge in [0.1, 0.15) is 17.5 Å². The second-order valence-corrected chi connectivity index (χ2v) is 6.00. The molecule has 134 valence electrons. The number of nitrogens with one attached hydrogen (secondary N) is 1. The summed E-state index contributed by atoms with van der Waals surface area (Å²) in [6.45, 7) is 3.86. The molecule has 0 aliphatic rings. The van der Waals surface area contributed by atoms with Gasteiger partial charge in [0, 0.05) is 23.3 Å². The highest BCUT2D eigenvalue weighted by Gasteiger charge is 2.14. The number of carbonyl (C=O) groups is 1. The van der Waals surface area contributed by atoms with Crippen LogP contribution in [0.3, 0.4) is 0 Å². The van der Waals surface area contributed by atoms with E-state index < -0.39 is 11.7 Å². The lowest BCUT2D eigenvalue weighted by molar-refractivity contribution is -0.112. The number of nitriles is 1. The number of carbonyl (C=O) groups excluding carboxylic acids is 1. The van der Waals surface area contributed by atoms with E-state index >= 15 is 0 Å². The maximum atomic E-state index is 13.0. The van der Waals surface area contributed by atoms with E-state index in [1.165, 1.54) is 24.3 Å². The van der Waals surface area contributed by atoms with Gasteiger partial charge in [0.05, 0.1) is 11.9 Å². The van der Waals surface area contributed by atoms with E-state index in [1.54, 1.807) is 18.5 Å². The van der Waals surface area contributed by atoms with E-state index in [4.69, 9.17) is 0 Å². The van der Waals surface area contributed by atoms with Crippen molar-refractivity contribution in [3.63, 3.8) is 0 Å². The SMILES string of the molecule is Cc1cc(/C=C(/C#N)C(=O)Nc2ccc(F)cc2)c(C)n1-c1cccnc1. The van der Waals surface area contributed by atoms with Gasteiger partial charge in [-0.3, -0.25) is 9.78 Å². The van der Waals surface area contributed by atoms with Crippen molar-refractivity contribution in [1.29, 1.82) is 5.26 Å². The maximum Gasteiger partial charge on any atom is 0.266 e. The smallest absolute Gasteiger partial charge is 0.266 e. The van der Waals surface area contributed by atoms with Gasteiger partial charge in [-0.1, -0.05) is 0 Å². The number of pyridine rings is 1. The molecule has 3 aromatic rings. The van der Waals surface area contributed by atoms with Gasteiger partial charge in [0.25, 0.3) is 5.91 Å². The van der Waals surface area contributed by atoms with Crippen molar-refractivity contribution in [3.05, 3.63) is 83.2 Å². The van der Waals surface area contributed by atoms with Gasteiger partial charge in [-0.15, -0.1) is 0 Å². The third kappa shape index (κ3) is 3.93. The van der Waals surface area contributed by atoms with Crippen molar-refractivity contribution in [3.8, 4) is 11.8 Å². The first-order valence-corrected chi connectivity index (χ1v) is 8.27. The Morgan fingerprint density at radius 2 is 2.00 bits per heavy atom. The van der Waals surface area contributed by atoms with E-state index in [0.717, 1.165) is 22.6 Å². The first kappa shape index (κ1) is 18.1. The fourth-order valence-corrected chi connectivity index (χ4v) is 2.85. The third-order valence-electron chi connectivity index (χ3n) is 4.14. The summed E-state index contributed by atoms with van der Waals surface area (Å²) >= 11 is 0. The number of halogens is 1. The molecule has 0 bridgehead atoms. The van der Waals surface area contributed by atoms with E-state index in [1.807, 2.05) is 42.7 Å². The number of aryl methyl sites for hydroxylation is 1. The Kier molecular flexibility index (Phi) is 5.13. The van der Waals surface area contributed by atoms with E-state index in [2.05, 4.69) is 10.3 Å². The minimum absolute atomic E-state index is 0.0363. The summed E-state index contributed by atoms with van der Waals surface area (Å²) < 4.78 is 15.0. The molecule has 1 N–H and O–H groups in total. The molecule has 27 heavy (non-hydrogen) atoms. The predicted molar refractivity (Wildman–Crippen MR) is 102 cm³/mol. The van der Waals surface area contributed by atoms with Gasteiger partial charge in [-0.25, -0.2) is 4.39 Å². The maximum absolute atomic E-state index is 13.0. The summed E-state index contributed by atoms with van der Waals surface area (Å²) in [6, 6.07) is 13.0. The zero-order valence-electron chi connectivity index (χ0n) is 14.9. The van der Waals surface area contributed by atoms with Gasteiger partial charge in [-0.05, 0) is 68.0 Å². The molecule has 0 saturated heterocycles. The minimum Gasteiger partial charge on any atom is -0.321 e. The monoisotopic (exact) mass is 360 g/mol. The highest BCUT2D eigenvalue weighted by atomic mass is 19.1. The van der Waals surface area contributed by atoms with Crippen molar-refractivity contribution in [2.45, 2.75) is 13.8 Å². The molecule has 0 aliphatic heterocycles. The molecule has 0 atom stereocenters. The number of nitrogens with zero attached hydrogens (tertiary/aromatic N) is 3. The number of amides is 1. The van der Waals surface area contributed by atoms with Gasteiger partial charge >= 0.3 is 0 Å². The normalized spacial score (nSPS) is 11.1. The van der Waals surface area contributed by atoms with Crippen molar-refractivity contribution in [1.82, 2.24) is 9.55 Å². The molecule has 1 aromatic carbocycles. The number of benzene rings is 1. The first-order valence-electron chi connectivity index (χ1n) is 8.27. The fraction of sp³-hybridized carbons (Fsp3) is 0.0952. The Bertz CT molecular complexity index is 1040. The van der Waals surface area contributed by atoms with Crippen LogP contribution in [-0.2, 0) is 4.79 Å². The van der Waals surface area contributed by atoms with Crippen molar-refractivity contribution in [2.75, 3.05) is 5.32 Å². The summed E-state index contributed by atoms with van der Waals surface area (Å²) in [5, 5.41) is 12.0. The van der Waals surface area contributed by atoms with E-state index in [9.17, 15) is 14.4 Å². The molecule has 0 saturated carbocycles. The molecular formula is C21H17FN4O. The minimum atomic E-state index is -0.546. The molecule has 0 aliphatic carbocycles. The zero-order chi connectivity index (χ0) is 19.4. The number of anilines is 1. The Hall–Kier alpha value is -3.72. The van der Waals surface area contributed by atoms with Gasteiger partial charge < -0.3 is 9.88 Å². The molecule has 5 nitrogen and oxygen atoms in total. The molecule has 0 spiro atoms. The molecule has 6 heteroatoms. The van der Waals surface area contributed by atoms with Crippen molar-refractivity contribution in [2.24, 2.45) is 0 Å². The summed E-state index contributed by atoms with van der Waals surface area (Å²) in [7, 11) is 0. The molecule has 0 fully saturated rings. The molecule has 3 rings (SSSR count). The average molecular weight is 360 g/mol. The lowest BCUT2D eigenvalue weighted by Crippen LogP contribution is -2.13. The second-order valence-electron chi connectivity index (χ2n) is 6.00. The van der Waals surface area contributed by atoms with Crippen LogP contribution in [0.5, 0.6) is 0 Å². The predicted octanol–water partition coefficient (Wildman–Crippen LogP) is 4.17. The van der Waals surface area contributed by atoms with Gasteiger partial charge in [0.2, 0.25) is 0 Å². The van der Waals surface area contributed by atoms with Crippen LogP contribution in [0.4, 0.5) is 10.1 Å². The molecule has 0 radical (unpaired) electrons. The Labute approximate surface area is 156 Å². The topological polar surface area (TPSA) is 70.7 Å². The fourth-order valence-electron chi connectivity index (χ4n) is 2.85. The van der Waals surface area contributed by atoms with Crippen LogP contribution >= 0.6 is 0 Å². The zero-order valence-corrected chi connectivity index (χ0v) is 14.9. The largest absolute Gasteiger partial charge is 0.321 e. The molecule has 0 unspecified atom stereocenters. The first-order chi connectivity index (χ1) is 13.0. The number of hydrogen-bond acceptors (Lipinski definition) is 3.